The van der Waals surface area contributed by atoms with E-state index in [9.17, 15) is 9.59 Å². The van der Waals surface area contributed by atoms with Gasteiger partial charge in [0.05, 0.1) is 11.6 Å². The molecule has 0 saturated carbocycles. The third kappa shape index (κ3) is 4.47. The van der Waals surface area contributed by atoms with Crippen molar-refractivity contribution in [2.45, 2.75) is 65.8 Å². The van der Waals surface area contributed by atoms with Crippen molar-refractivity contribution in [2.75, 3.05) is 7.11 Å². The highest BCUT2D eigenvalue weighted by Crippen LogP contribution is 2.55. The molecule has 0 spiro atoms. The molecule has 0 saturated heterocycles. The van der Waals surface area contributed by atoms with E-state index in [1.165, 1.54) is 5.56 Å². The van der Waals surface area contributed by atoms with Gasteiger partial charge < -0.3 is 9.64 Å². The molecule has 3 aliphatic rings. The molecule has 5 heteroatoms. The summed E-state index contributed by atoms with van der Waals surface area (Å²) in [4.78, 5) is 30.1. The van der Waals surface area contributed by atoms with E-state index >= 15 is 0 Å². The topological polar surface area (TPSA) is 46.6 Å². The number of allylic oxidation sites excluding steroid dienone is 4. The number of carbonyl (C=O) groups is 2. The highest BCUT2D eigenvalue weighted by molar-refractivity contribution is 9.10. The molecular formula is C31H34BrNO3. The van der Waals surface area contributed by atoms with Crippen molar-refractivity contribution in [3.63, 3.8) is 0 Å². The van der Waals surface area contributed by atoms with Crippen molar-refractivity contribution in [2.24, 2.45) is 10.8 Å². The summed E-state index contributed by atoms with van der Waals surface area (Å²) in [5, 5.41) is 0. The van der Waals surface area contributed by atoms with E-state index in [0.717, 1.165) is 51.2 Å². The molecule has 5 rings (SSSR count). The largest absolute Gasteiger partial charge is 0.496 e. The number of hydrogen-bond donors (Lipinski definition) is 0. The molecule has 4 nitrogen and oxygen atoms in total. The van der Waals surface area contributed by atoms with Crippen LogP contribution in [0.15, 0.2) is 75.5 Å². The van der Waals surface area contributed by atoms with Gasteiger partial charge in [0, 0.05) is 47.8 Å². The monoisotopic (exact) mass is 547 g/mol. The maximum atomic E-state index is 13.9. The maximum Gasteiger partial charge on any atom is 0.162 e. The smallest absolute Gasteiger partial charge is 0.162 e. The first-order valence-electron chi connectivity index (χ1n) is 12.7. The number of Topliss-reactive ketones (excluding diaryl/α,β-unsaturated/α-hetero) is 2. The summed E-state index contributed by atoms with van der Waals surface area (Å²) in [7, 11) is 1.64. The molecule has 1 aliphatic heterocycles. The summed E-state index contributed by atoms with van der Waals surface area (Å²) in [6.07, 6.45) is 2.59. The lowest BCUT2D eigenvalue weighted by Gasteiger charge is -2.49. The number of halogens is 1. The Morgan fingerprint density at radius 3 is 1.92 bits per heavy atom. The van der Waals surface area contributed by atoms with Crippen LogP contribution < -0.4 is 4.74 Å². The van der Waals surface area contributed by atoms with Gasteiger partial charge in [-0.2, -0.15) is 0 Å². The van der Waals surface area contributed by atoms with Crippen molar-refractivity contribution in [3.05, 3.63) is 86.7 Å². The highest BCUT2D eigenvalue weighted by atomic mass is 79.9. The molecule has 2 aliphatic carbocycles. The van der Waals surface area contributed by atoms with E-state index < -0.39 is 0 Å². The molecule has 0 unspecified atom stereocenters. The summed E-state index contributed by atoms with van der Waals surface area (Å²) >= 11 is 3.64. The minimum absolute atomic E-state index is 0.137. The fourth-order valence-electron chi connectivity index (χ4n) is 6.20. The minimum Gasteiger partial charge on any atom is -0.496 e. The van der Waals surface area contributed by atoms with Crippen LogP contribution in [0, 0.1) is 10.8 Å². The van der Waals surface area contributed by atoms with Crippen LogP contribution in [0.4, 0.5) is 0 Å². The fourth-order valence-corrected chi connectivity index (χ4v) is 6.76. The van der Waals surface area contributed by atoms with Crippen LogP contribution >= 0.6 is 15.9 Å². The number of carbonyl (C=O) groups excluding carboxylic acids is 2. The summed E-state index contributed by atoms with van der Waals surface area (Å²) < 4.78 is 6.29. The van der Waals surface area contributed by atoms with Gasteiger partial charge in [0.1, 0.15) is 5.75 Å². The molecule has 188 valence electrons. The van der Waals surface area contributed by atoms with E-state index in [0.29, 0.717) is 19.4 Å². The number of ketones is 2. The van der Waals surface area contributed by atoms with Gasteiger partial charge in [-0.1, -0.05) is 64.1 Å². The van der Waals surface area contributed by atoms with Crippen molar-refractivity contribution in [3.8, 4) is 5.75 Å². The molecule has 0 N–H and O–H groups in total. The molecular weight excluding hydrogens is 514 g/mol. The highest BCUT2D eigenvalue weighted by Gasteiger charge is 2.49. The van der Waals surface area contributed by atoms with Gasteiger partial charge in [-0.05, 0) is 62.9 Å². The lowest BCUT2D eigenvalue weighted by molar-refractivity contribution is -0.119. The van der Waals surface area contributed by atoms with Crippen molar-refractivity contribution >= 4 is 27.5 Å². The van der Waals surface area contributed by atoms with Crippen molar-refractivity contribution in [1.29, 1.82) is 0 Å². The Morgan fingerprint density at radius 1 is 0.861 bits per heavy atom. The molecule has 36 heavy (non-hydrogen) atoms. The number of ether oxygens (including phenoxy) is 1. The first-order chi connectivity index (χ1) is 17.0. The van der Waals surface area contributed by atoms with Crippen molar-refractivity contribution in [1.82, 2.24) is 4.90 Å². The van der Waals surface area contributed by atoms with E-state index in [-0.39, 0.29) is 28.3 Å². The van der Waals surface area contributed by atoms with E-state index in [4.69, 9.17) is 4.74 Å². The Bertz CT molecular complexity index is 1250. The zero-order valence-electron chi connectivity index (χ0n) is 21.8. The van der Waals surface area contributed by atoms with Crippen LogP contribution in [-0.4, -0.2) is 23.6 Å². The SMILES string of the molecule is COc1ccc(C2C3=C(CC(C)(C)CC3=O)N(Cc3ccccc3)C3=C2C(=O)CC(C)(C)C3)cc1Br. The normalized spacial score (nSPS) is 21.4. The summed E-state index contributed by atoms with van der Waals surface area (Å²) in [6, 6.07) is 16.3. The van der Waals surface area contributed by atoms with Gasteiger partial charge >= 0.3 is 0 Å². The Labute approximate surface area is 222 Å². The van der Waals surface area contributed by atoms with Crippen LogP contribution in [-0.2, 0) is 16.1 Å². The molecule has 0 atom stereocenters. The second-order valence-corrected chi connectivity index (χ2v) is 12.9. The van der Waals surface area contributed by atoms with Gasteiger partial charge in [-0.3, -0.25) is 9.59 Å². The lowest BCUT2D eigenvalue weighted by atomic mass is 9.63. The van der Waals surface area contributed by atoms with Crippen LogP contribution in [0.1, 0.15) is 70.4 Å². The third-order valence-corrected chi connectivity index (χ3v) is 8.33. The maximum absolute atomic E-state index is 13.9. The second kappa shape index (κ2) is 9.02. The van der Waals surface area contributed by atoms with Crippen LogP contribution in [0.3, 0.4) is 0 Å². The Morgan fingerprint density at radius 2 is 1.42 bits per heavy atom. The summed E-state index contributed by atoms with van der Waals surface area (Å²) in [6.45, 7) is 9.36. The Kier molecular flexibility index (Phi) is 6.27. The Hall–Kier alpha value is -2.66. The standard InChI is InChI=1S/C31H34BrNO3/c1-30(2)14-22-28(24(34)16-30)27(20-11-12-26(36-5)21(32)13-20)29-23(15-31(3,4)17-25(29)35)33(22)18-19-9-7-6-8-10-19/h6-13,27H,14-18H2,1-5H3. The zero-order chi connectivity index (χ0) is 25.8. The van der Waals surface area contributed by atoms with Crippen LogP contribution in [0.2, 0.25) is 0 Å². The number of rotatable bonds is 4. The first kappa shape index (κ1) is 25.0. The average molecular weight is 549 g/mol. The molecule has 2 aromatic rings. The first-order valence-corrected chi connectivity index (χ1v) is 13.5. The molecule has 0 radical (unpaired) electrons. The number of methoxy groups -OCH3 is 1. The lowest BCUT2D eigenvalue weighted by Crippen LogP contribution is -2.44. The number of nitrogens with zero attached hydrogens (tertiary/aromatic N) is 1. The van der Waals surface area contributed by atoms with Crippen LogP contribution in [0.5, 0.6) is 5.75 Å². The predicted octanol–water partition coefficient (Wildman–Crippen LogP) is 7.34. The van der Waals surface area contributed by atoms with E-state index in [2.05, 4.69) is 60.7 Å². The molecule has 2 aromatic carbocycles. The quantitative estimate of drug-likeness (QED) is 0.401. The van der Waals surface area contributed by atoms with Gasteiger partial charge in [-0.25, -0.2) is 0 Å². The average Bonchev–Trinajstić information content (AvgIpc) is 2.79. The Balaban J connectivity index is 1.76. The molecule has 0 amide bonds. The van der Waals surface area contributed by atoms with E-state index in [1.54, 1.807) is 7.11 Å². The second-order valence-electron chi connectivity index (χ2n) is 12.0. The molecule has 0 bridgehead atoms. The van der Waals surface area contributed by atoms with Gasteiger partial charge in [0.2, 0.25) is 0 Å². The summed E-state index contributed by atoms with van der Waals surface area (Å²) in [5.74, 6) is 0.688. The summed E-state index contributed by atoms with van der Waals surface area (Å²) in [5.41, 5.74) is 5.63. The number of benzene rings is 2. The fraction of sp³-hybridized carbons (Fsp3) is 0.419. The van der Waals surface area contributed by atoms with Crippen LogP contribution in [0.25, 0.3) is 0 Å². The van der Waals surface area contributed by atoms with Gasteiger partial charge in [-0.15, -0.1) is 0 Å². The number of hydrogen-bond acceptors (Lipinski definition) is 4. The van der Waals surface area contributed by atoms with Crippen molar-refractivity contribution < 1.29 is 14.3 Å². The molecule has 0 fully saturated rings. The zero-order valence-corrected chi connectivity index (χ0v) is 23.4. The molecule has 1 heterocycles. The minimum atomic E-state index is -0.351. The molecule has 0 aromatic heterocycles. The van der Waals surface area contributed by atoms with E-state index in [1.807, 2.05) is 36.4 Å². The predicted molar refractivity (Wildman–Crippen MR) is 146 cm³/mol. The van der Waals surface area contributed by atoms with Gasteiger partial charge in [0.15, 0.2) is 11.6 Å². The third-order valence-electron chi connectivity index (χ3n) is 7.71. The van der Waals surface area contributed by atoms with Gasteiger partial charge in [0.25, 0.3) is 0 Å².